The van der Waals surface area contributed by atoms with Gasteiger partial charge in [0, 0.05) is 22.3 Å². The molecule has 2 heterocycles. The Kier molecular flexibility index (Phi) is 5.43. The molecule has 0 N–H and O–H groups in total. The molecule has 0 spiro atoms. The molecule has 0 amide bonds. The lowest BCUT2D eigenvalue weighted by atomic mass is 10.2. The fraction of sp³-hybridized carbons (Fsp3) is 0.125. The minimum atomic E-state index is 0.638. The van der Waals surface area contributed by atoms with Gasteiger partial charge in [0.15, 0.2) is 11.0 Å². The lowest BCUT2D eigenvalue weighted by molar-refractivity contribution is 0.732. The van der Waals surface area contributed by atoms with Crippen LogP contribution in [0.4, 0.5) is 0 Å². The molecule has 1 aromatic carbocycles. The van der Waals surface area contributed by atoms with Crippen molar-refractivity contribution in [1.29, 1.82) is 0 Å². The lowest BCUT2D eigenvalue weighted by Gasteiger charge is -2.07. The molecule has 0 aliphatic rings. The Balaban J connectivity index is 1.84. The van der Waals surface area contributed by atoms with Crippen LogP contribution < -0.4 is 0 Å². The summed E-state index contributed by atoms with van der Waals surface area (Å²) >= 11 is 15.4. The molecule has 0 atom stereocenters. The van der Waals surface area contributed by atoms with E-state index >= 15 is 0 Å². The number of allylic oxidation sites excluding steroid dienone is 1. The molecule has 0 aliphatic carbocycles. The third-order valence-corrected chi connectivity index (χ3v) is 5.61. The van der Waals surface area contributed by atoms with Crippen molar-refractivity contribution in [2.45, 2.75) is 17.5 Å². The number of rotatable bonds is 6. The summed E-state index contributed by atoms with van der Waals surface area (Å²) in [6.45, 7) is 4.49. The van der Waals surface area contributed by atoms with E-state index in [1.165, 1.54) is 0 Å². The summed E-state index contributed by atoms with van der Waals surface area (Å²) in [7, 11) is 0. The molecule has 118 valence electrons. The number of halogens is 2. The summed E-state index contributed by atoms with van der Waals surface area (Å²) in [6, 6.07) is 9.58. The molecule has 3 nitrogen and oxygen atoms in total. The zero-order valence-corrected chi connectivity index (χ0v) is 15.2. The van der Waals surface area contributed by atoms with Gasteiger partial charge >= 0.3 is 0 Å². The number of benzene rings is 1. The van der Waals surface area contributed by atoms with Gasteiger partial charge < -0.3 is 0 Å². The monoisotopic (exact) mass is 381 g/mol. The molecule has 0 fully saturated rings. The molecule has 0 unspecified atom stereocenters. The van der Waals surface area contributed by atoms with Crippen LogP contribution in [0.25, 0.3) is 10.7 Å². The van der Waals surface area contributed by atoms with Gasteiger partial charge in [0.05, 0.1) is 4.88 Å². The number of thioether (sulfide) groups is 1. The third-order valence-electron chi connectivity index (χ3n) is 3.14. The predicted molar refractivity (Wildman–Crippen MR) is 99.6 cm³/mol. The van der Waals surface area contributed by atoms with Crippen LogP contribution in [0, 0.1) is 0 Å². The molecule has 0 bridgehead atoms. The Morgan fingerprint density at radius 1 is 1.26 bits per heavy atom. The number of aromatic nitrogens is 3. The van der Waals surface area contributed by atoms with Crippen molar-refractivity contribution in [2.75, 3.05) is 0 Å². The van der Waals surface area contributed by atoms with Gasteiger partial charge in [-0.2, -0.15) is 0 Å². The average Bonchev–Trinajstić information content (AvgIpc) is 3.16. The number of nitrogens with zero attached hydrogens (tertiary/aromatic N) is 3. The van der Waals surface area contributed by atoms with Crippen LogP contribution in [-0.4, -0.2) is 14.8 Å². The molecule has 7 heteroatoms. The first-order valence-corrected chi connectivity index (χ1v) is 9.46. The number of hydrogen-bond donors (Lipinski definition) is 0. The zero-order valence-electron chi connectivity index (χ0n) is 12.1. The maximum Gasteiger partial charge on any atom is 0.192 e. The highest BCUT2D eigenvalue weighted by molar-refractivity contribution is 7.98. The van der Waals surface area contributed by atoms with E-state index in [-0.39, 0.29) is 0 Å². The van der Waals surface area contributed by atoms with Crippen LogP contribution in [0.1, 0.15) is 5.56 Å². The van der Waals surface area contributed by atoms with Gasteiger partial charge in [-0.3, -0.25) is 4.57 Å². The smallest absolute Gasteiger partial charge is 0.192 e. The minimum absolute atomic E-state index is 0.638. The molecule has 2 aromatic heterocycles. The van der Waals surface area contributed by atoms with Gasteiger partial charge in [-0.05, 0) is 29.1 Å². The lowest BCUT2D eigenvalue weighted by Crippen LogP contribution is -2.00. The van der Waals surface area contributed by atoms with E-state index in [0.717, 1.165) is 21.4 Å². The summed E-state index contributed by atoms with van der Waals surface area (Å²) < 4.78 is 2.06. The molecule has 0 saturated heterocycles. The first-order valence-electron chi connectivity index (χ1n) is 6.83. The molecular formula is C16H13Cl2N3S2. The first kappa shape index (κ1) is 16.6. The van der Waals surface area contributed by atoms with E-state index in [1.807, 2.05) is 35.7 Å². The highest BCUT2D eigenvalue weighted by atomic mass is 35.5. The second kappa shape index (κ2) is 7.53. The van der Waals surface area contributed by atoms with Crippen LogP contribution in [0.2, 0.25) is 10.0 Å². The van der Waals surface area contributed by atoms with E-state index in [4.69, 9.17) is 23.2 Å². The van der Waals surface area contributed by atoms with Crippen LogP contribution in [-0.2, 0) is 12.3 Å². The average molecular weight is 382 g/mol. The summed E-state index contributed by atoms with van der Waals surface area (Å²) in [5.41, 5.74) is 1.02. The largest absolute Gasteiger partial charge is 0.297 e. The van der Waals surface area contributed by atoms with Gasteiger partial charge in [0.2, 0.25) is 0 Å². The third kappa shape index (κ3) is 3.80. The van der Waals surface area contributed by atoms with Gasteiger partial charge in [-0.15, -0.1) is 28.1 Å². The van der Waals surface area contributed by atoms with Gasteiger partial charge in [0.1, 0.15) is 0 Å². The number of hydrogen-bond acceptors (Lipinski definition) is 4. The Morgan fingerprint density at radius 3 is 2.83 bits per heavy atom. The van der Waals surface area contributed by atoms with Crippen molar-refractivity contribution >= 4 is 46.3 Å². The van der Waals surface area contributed by atoms with Crippen LogP contribution in [0.15, 0.2) is 53.5 Å². The second-order valence-corrected chi connectivity index (χ2v) is 7.44. The maximum absolute atomic E-state index is 6.23. The van der Waals surface area contributed by atoms with E-state index in [0.29, 0.717) is 22.3 Å². The van der Waals surface area contributed by atoms with Crippen molar-refractivity contribution in [2.24, 2.45) is 0 Å². The van der Waals surface area contributed by atoms with Crippen molar-refractivity contribution in [1.82, 2.24) is 14.8 Å². The predicted octanol–water partition coefficient (Wildman–Crippen LogP) is 5.79. The van der Waals surface area contributed by atoms with Gasteiger partial charge in [-0.25, -0.2) is 0 Å². The summed E-state index contributed by atoms with van der Waals surface area (Å²) in [6.07, 6.45) is 1.85. The zero-order chi connectivity index (χ0) is 16.2. The van der Waals surface area contributed by atoms with Gasteiger partial charge in [-0.1, -0.05) is 53.2 Å². The molecule has 0 aliphatic heterocycles. The Labute approximate surface area is 153 Å². The summed E-state index contributed by atoms with van der Waals surface area (Å²) in [5.74, 6) is 1.57. The first-order chi connectivity index (χ1) is 11.2. The molecule has 3 rings (SSSR count). The Bertz CT molecular complexity index is 813. The molecular weight excluding hydrogens is 369 g/mol. The van der Waals surface area contributed by atoms with E-state index < -0.39 is 0 Å². The van der Waals surface area contributed by atoms with Crippen LogP contribution in [0.3, 0.4) is 0 Å². The standard InChI is InChI=1S/C16H13Cl2N3S2/c1-2-7-21-15(14-4-3-8-22-14)19-20-16(21)23-10-11-5-6-12(17)9-13(11)18/h2-6,8-9H,1,7,10H2. The normalized spacial score (nSPS) is 10.9. The Hall–Kier alpha value is -1.27. The Morgan fingerprint density at radius 2 is 2.13 bits per heavy atom. The fourth-order valence-corrected chi connectivity index (χ4v) is 4.28. The topological polar surface area (TPSA) is 30.7 Å². The van der Waals surface area contributed by atoms with Crippen molar-refractivity contribution in [3.63, 3.8) is 0 Å². The molecule has 3 aromatic rings. The second-order valence-electron chi connectivity index (χ2n) is 4.71. The fourth-order valence-electron chi connectivity index (χ4n) is 2.06. The quantitative estimate of drug-likeness (QED) is 0.399. The molecule has 0 radical (unpaired) electrons. The summed E-state index contributed by atoms with van der Waals surface area (Å²) in [4.78, 5) is 1.09. The van der Waals surface area contributed by atoms with Crippen molar-refractivity contribution in [3.05, 3.63) is 64.0 Å². The van der Waals surface area contributed by atoms with E-state index in [1.54, 1.807) is 29.2 Å². The molecule has 23 heavy (non-hydrogen) atoms. The highest BCUT2D eigenvalue weighted by Crippen LogP contribution is 2.31. The SMILES string of the molecule is C=CCn1c(SCc2ccc(Cl)cc2Cl)nnc1-c1cccs1. The minimum Gasteiger partial charge on any atom is -0.297 e. The van der Waals surface area contributed by atoms with Gasteiger partial charge in [0.25, 0.3) is 0 Å². The summed E-state index contributed by atoms with van der Waals surface area (Å²) in [5, 5.41) is 12.8. The van der Waals surface area contributed by atoms with Crippen LogP contribution in [0.5, 0.6) is 0 Å². The highest BCUT2D eigenvalue weighted by Gasteiger charge is 2.14. The number of thiophene rings is 1. The van der Waals surface area contributed by atoms with E-state index in [9.17, 15) is 0 Å². The van der Waals surface area contributed by atoms with E-state index in [2.05, 4.69) is 21.3 Å². The van der Waals surface area contributed by atoms with Crippen LogP contribution >= 0.6 is 46.3 Å². The maximum atomic E-state index is 6.23. The van der Waals surface area contributed by atoms with Crippen molar-refractivity contribution < 1.29 is 0 Å². The van der Waals surface area contributed by atoms with Crippen molar-refractivity contribution in [3.8, 4) is 10.7 Å². The molecule has 0 saturated carbocycles.